The van der Waals surface area contributed by atoms with Gasteiger partial charge in [0, 0.05) is 19.1 Å². The van der Waals surface area contributed by atoms with Crippen LogP contribution in [0.1, 0.15) is 39.5 Å². The summed E-state index contributed by atoms with van der Waals surface area (Å²) in [6.07, 6.45) is 8.87. The fourth-order valence-electron chi connectivity index (χ4n) is 2.76. The fourth-order valence-corrected chi connectivity index (χ4v) is 2.76. The van der Waals surface area contributed by atoms with Crippen molar-refractivity contribution in [3.63, 3.8) is 0 Å². The van der Waals surface area contributed by atoms with Crippen molar-refractivity contribution in [3.05, 3.63) is 12.4 Å². The molecule has 0 bridgehead atoms. The predicted octanol–water partition coefficient (Wildman–Crippen LogP) is 2.23. The lowest BCUT2D eigenvalue weighted by molar-refractivity contribution is 0.231. The first kappa shape index (κ1) is 14.6. The molecule has 2 aliphatic rings. The van der Waals surface area contributed by atoms with Crippen LogP contribution in [0.25, 0.3) is 0 Å². The lowest BCUT2D eigenvalue weighted by Gasteiger charge is -2.33. The van der Waals surface area contributed by atoms with Gasteiger partial charge in [-0.15, -0.1) is 0 Å². The minimum Gasteiger partial charge on any atom is -0.474 e. The van der Waals surface area contributed by atoms with Crippen LogP contribution >= 0.6 is 0 Å². The van der Waals surface area contributed by atoms with E-state index < -0.39 is 0 Å². The van der Waals surface area contributed by atoms with Crippen molar-refractivity contribution in [1.29, 1.82) is 0 Å². The Morgan fingerprint density at radius 1 is 1.24 bits per heavy atom. The van der Waals surface area contributed by atoms with Crippen molar-refractivity contribution in [2.24, 2.45) is 5.92 Å². The molecule has 2 heterocycles. The summed E-state index contributed by atoms with van der Waals surface area (Å²) in [5.74, 6) is 2.52. The van der Waals surface area contributed by atoms with E-state index in [2.05, 4.69) is 20.2 Å². The Balaban J connectivity index is 1.51. The lowest BCUT2D eigenvalue weighted by Crippen LogP contribution is -2.43. The van der Waals surface area contributed by atoms with Crippen molar-refractivity contribution >= 4 is 5.82 Å². The van der Waals surface area contributed by atoms with Crippen molar-refractivity contribution < 1.29 is 4.74 Å². The highest BCUT2D eigenvalue weighted by molar-refractivity contribution is 5.38. The molecule has 1 aromatic heterocycles. The highest BCUT2D eigenvalue weighted by Gasteiger charge is 2.25. The molecule has 0 amide bonds. The van der Waals surface area contributed by atoms with Crippen LogP contribution in [0.2, 0.25) is 0 Å². The van der Waals surface area contributed by atoms with E-state index in [1.165, 1.54) is 32.2 Å². The number of nitrogens with one attached hydrogen (secondary N) is 1. The highest BCUT2D eigenvalue weighted by atomic mass is 16.5. The van der Waals surface area contributed by atoms with Crippen molar-refractivity contribution in [2.45, 2.75) is 51.7 Å². The Morgan fingerprint density at radius 2 is 2.00 bits per heavy atom. The number of anilines is 1. The van der Waals surface area contributed by atoms with Gasteiger partial charge in [-0.1, -0.05) is 0 Å². The summed E-state index contributed by atoms with van der Waals surface area (Å²) in [5, 5.41) is 3.71. The molecule has 1 N–H and O–H groups in total. The monoisotopic (exact) mass is 290 g/mol. The molecule has 0 radical (unpaired) electrons. The summed E-state index contributed by atoms with van der Waals surface area (Å²) in [7, 11) is 0. The van der Waals surface area contributed by atoms with Gasteiger partial charge in [-0.3, -0.25) is 4.98 Å². The van der Waals surface area contributed by atoms with Gasteiger partial charge in [0.25, 0.3) is 0 Å². The Bertz CT molecular complexity index is 453. The quantitative estimate of drug-likeness (QED) is 0.870. The first-order chi connectivity index (χ1) is 10.2. The van der Waals surface area contributed by atoms with E-state index in [-0.39, 0.29) is 6.10 Å². The Kier molecular flexibility index (Phi) is 4.58. The topological polar surface area (TPSA) is 50.3 Å². The smallest absolute Gasteiger partial charge is 0.234 e. The van der Waals surface area contributed by atoms with Gasteiger partial charge >= 0.3 is 0 Å². The van der Waals surface area contributed by atoms with Gasteiger partial charge < -0.3 is 15.0 Å². The molecule has 1 aliphatic heterocycles. The maximum absolute atomic E-state index is 5.63. The Morgan fingerprint density at radius 3 is 2.67 bits per heavy atom. The molecule has 0 atom stereocenters. The zero-order valence-electron chi connectivity index (χ0n) is 13.1. The third-order valence-electron chi connectivity index (χ3n) is 4.17. The van der Waals surface area contributed by atoms with Crippen LogP contribution in [-0.4, -0.2) is 41.7 Å². The second kappa shape index (κ2) is 6.60. The number of ether oxygens (including phenoxy) is 1. The molecule has 0 unspecified atom stereocenters. The van der Waals surface area contributed by atoms with Crippen LogP contribution in [0.4, 0.5) is 5.82 Å². The third kappa shape index (κ3) is 4.30. The zero-order chi connectivity index (χ0) is 14.7. The van der Waals surface area contributed by atoms with Gasteiger partial charge in [0.15, 0.2) is 5.82 Å². The summed E-state index contributed by atoms with van der Waals surface area (Å²) >= 11 is 0. The molecule has 5 heteroatoms. The van der Waals surface area contributed by atoms with Crippen LogP contribution < -0.4 is 15.0 Å². The van der Waals surface area contributed by atoms with Gasteiger partial charge in [0.05, 0.1) is 18.5 Å². The van der Waals surface area contributed by atoms with E-state index in [1.54, 1.807) is 6.20 Å². The number of hydrogen-bond acceptors (Lipinski definition) is 5. The van der Waals surface area contributed by atoms with Crippen LogP contribution in [0, 0.1) is 5.92 Å². The second-order valence-corrected chi connectivity index (χ2v) is 6.50. The molecule has 2 fully saturated rings. The second-order valence-electron chi connectivity index (χ2n) is 6.50. The summed E-state index contributed by atoms with van der Waals surface area (Å²) in [4.78, 5) is 11.1. The summed E-state index contributed by atoms with van der Waals surface area (Å²) in [6.45, 7) is 7.31. The first-order valence-corrected chi connectivity index (χ1v) is 8.18. The van der Waals surface area contributed by atoms with E-state index in [0.29, 0.717) is 11.9 Å². The minimum absolute atomic E-state index is 0.131. The summed E-state index contributed by atoms with van der Waals surface area (Å²) in [5.41, 5.74) is 0. The normalized spacial score (nSPS) is 20.0. The van der Waals surface area contributed by atoms with E-state index in [1.807, 2.05) is 20.0 Å². The molecular formula is C16H26N4O. The molecule has 5 nitrogen and oxygen atoms in total. The average Bonchev–Trinajstić information content (AvgIpc) is 3.29. The number of aromatic nitrogens is 2. The molecule has 1 aromatic rings. The average molecular weight is 290 g/mol. The van der Waals surface area contributed by atoms with Gasteiger partial charge in [0.1, 0.15) is 0 Å². The molecule has 21 heavy (non-hydrogen) atoms. The molecule has 116 valence electrons. The summed E-state index contributed by atoms with van der Waals surface area (Å²) < 4.78 is 5.63. The van der Waals surface area contributed by atoms with Gasteiger partial charge in [0.2, 0.25) is 5.88 Å². The molecule has 3 rings (SSSR count). The van der Waals surface area contributed by atoms with Crippen molar-refractivity contribution in [2.75, 3.05) is 24.5 Å². The first-order valence-electron chi connectivity index (χ1n) is 8.18. The maximum atomic E-state index is 5.63. The van der Waals surface area contributed by atoms with Crippen LogP contribution in [0.3, 0.4) is 0 Å². The number of piperidine rings is 1. The minimum atomic E-state index is 0.131. The molecule has 1 aliphatic carbocycles. The van der Waals surface area contributed by atoms with E-state index in [4.69, 9.17) is 4.74 Å². The van der Waals surface area contributed by atoms with E-state index >= 15 is 0 Å². The fraction of sp³-hybridized carbons (Fsp3) is 0.750. The SMILES string of the molecule is CC(C)Oc1cncc(N2CCC(NCC3CC3)CC2)n1. The number of rotatable bonds is 6. The maximum Gasteiger partial charge on any atom is 0.234 e. The Hall–Kier alpha value is -1.36. The Labute approximate surface area is 127 Å². The third-order valence-corrected chi connectivity index (χ3v) is 4.17. The predicted molar refractivity (Wildman–Crippen MR) is 83.8 cm³/mol. The largest absolute Gasteiger partial charge is 0.474 e. The summed E-state index contributed by atoms with van der Waals surface area (Å²) in [6, 6.07) is 0.671. The van der Waals surface area contributed by atoms with Crippen molar-refractivity contribution in [3.8, 4) is 5.88 Å². The molecule has 1 saturated heterocycles. The van der Waals surface area contributed by atoms with Crippen LogP contribution in [0.15, 0.2) is 12.4 Å². The van der Waals surface area contributed by atoms with Crippen molar-refractivity contribution in [1.82, 2.24) is 15.3 Å². The van der Waals surface area contributed by atoms with Gasteiger partial charge in [-0.05, 0) is 52.0 Å². The highest BCUT2D eigenvalue weighted by Crippen LogP contribution is 2.28. The van der Waals surface area contributed by atoms with Gasteiger partial charge in [-0.25, -0.2) is 0 Å². The molecular weight excluding hydrogens is 264 g/mol. The zero-order valence-corrected chi connectivity index (χ0v) is 13.1. The lowest BCUT2D eigenvalue weighted by atomic mass is 10.0. The van der Waals surface area contributed by atoms with Gasteiger partial charge in [-0.2, -0.15) is 4.98 Å². The number of nitrogens with zero attached hydrogens (tertiary/aromatic N) is 3. The van der Waals surface area contributed by atoms with Crippen LogP contribution in [-0.2, 0) is 0 Å². The molecule has 1 saturated carbocycles. The molecule has 0 aromatic carbocycles. The standard InChI is InChI=1S/C16H26N4O/c1-12(2)21-16-11-17-10-15(19-16)20-7-5-14(6-8-20)18-9-13-3-4-13/h10-14,18H,3-9H2,1-2H3. The van der Waals surface area contributed by atoms with E-state index in [0.717, 1.165) is 24.8 Å². The molecule has 0 spiro atoms. The van der Waals surface area contributed by atoms with Crippen LogP contribution in [0.5, 0.6) is 5.88 Å². The van der Waals surface area contributed by atoms with E-state index in [9.17, 15) is 0 Å². The number of hydrogen-bond donors (Lipinski definition) is 1.